The zero-order chi connectivity index (χ0) is 18.4. The largest absolute Gasteiger partial charge is 0.354 e. The van der Waals surface area contributed by atoms with Crippen LogP contribution in [0.3, 0.4) is 0 Å². The molecule has 0 saturated carbocycles. The van der Waals surface area contributed by atoms with Gasteiger partial charge in [0.1, 0.15) is 0 Å². The SMILES string of the molecule is O=C1c2cc3c(cc2-c2c1ccc1c2[nH]c2ccccc21)[nH]c1ccccc13. The van der Waals surface area contributed by atoms with Gasteiger partial charge in [0.25, 0.3) is 0 Å². The molecule has 0 spiro atoms. The molecule has 0 atom stereocenters. The van der Waals surface area contributed by atoms with Crippen LogP contribution in [0.1, 0.15) is 15.9 Å². The van der Waals surface area contributed by atoms with Gasteiger partial charge in [-0.3, -0.25) is 4.79 Å². The van der Waals surface area contributed by atoms with Crippen molar-refractivity contribution in [3.8, 4) is 11.1 Å². The second kappa shape index (κ2) is 4.70. The molecule has 1 aliphatic rings. The number of hydrogen-bond donors (Lipinski definition) is 2. The minimum absolute atomic E-state index is 0.109. The lowest BCUT2D eigenvalue weighted by atomic mass is 10.0. The van der Waals surface area contributed by atoms with Gasteiger partial charge < -0.3 is 9.97 Å². The van der Waals surface area contributed by atoms with Crippen molar-refractivity contribution in [2.24, 2.45) is 0 Å². The first kappa shape index (κ1) is 14.2. The number of hydrogen-bond acceptors (Lipinski definition) is 1. The summed E-state index contributed by atoms with van der Waals surface area (Å²) in [6, 6.07) is 24.8. The van der Waals surface area contributed by atoms with Crippen LogP contribution >= 0.6 is 0 Å². The number of ketones is 1. The molecular weight excluding hydrogens is 344 g/mol. The molecule has 0 radical (unpaired) electrons. The molecule has 2 heterocycles. The highest BCUT2D eigenvalue weighted by atomic mass is 16.1. The topological polar surface area (TPSA) is 48.6 Å². The highest BCUT2D eigenvalue weighted by molar-refractivity contribution is 6.29. The second-order valence-electron chi connectivity index (χ2n) is 7.52. The van der Waals surface area contributed by atoms with Gasteiger partial charge in [0, 0.05) is 54.8 Å². The Labute approximate surface area is 159 Å². The Kier molecular flexibility index (Phi) is 2.39. The molecule has 130 valence electrons. The maximum Gasteiger partial charge on any atom is 0.194 e. The second-order valence-corrected chi connectivity index (χ2v) is 7.52. The summed E-state index contributed by atoms with van der Waals surface area (Å²) in [7, 11) is 0. The molecule has 0 aliphatic heterocycles. The Hall–Kier alpha value is -3.85. The van der Waals surface area contributed by atoms with Crippen LogP contribution in [0.2, 0.25) is 0 Å². The number of nitrogens with one attached hydrogen (secondary N) is 2. The average molecular weight is 358 g/mol. The van der Waals surface area contributed by atoms with Crippen LogP contribution in [0, 0.1) is 0 Å². The van der Waals surface area contributed by atoms with Crippen LogP contribution < -0.4 is 0 Å². The Balaban J connectivity index is 1.64. The van der Waals surface area contributed by atoms with Crippen LogP contribution in [0.4, 0.5) is 0 Å². The van der Waals surface area contributed by atoms with Gasteiger partial charge in [0.05, 0.1) is 5.52 Å². The zero-order valence-corrected chi connectivity index (χ0v) is 14.8. The zero-order valence-electron chi connectivity index (χ0n) is 14.8. The van der Waals surface area contributed by atoms with E-state index in [-0.39, 0.29) is 5.78 Å². The molecule has 4 aromatic carbocycles. The maximum atomic E-state index is 13.2. The molecule has 0 fully saturated rings. The fraction of sp³-hybridized carbons (Fsp3) is 0. The van der Waals surface area contributed by atoms with Gasteiger partial charge in [-0.1, -0.05) is 42.5 Å². The fourth-order valence-corrected chi connectivity index (χ4v) is 4.83. The van der Waals surface area contributed by atoms with E-state index in [1.165, 1.54) is 5.39 Å². The van der Waals surface area contributed by atoms with Crippen LogP contribution in [0.15, 0.2) is 72.8 Å². The van der Waals surface area contributed by atoms with E-state index in [2.05, 4.69) is 58.5 Å². The lowest BCUT2D eigenvalue weighted by Gasteiger charge is -2.03. The molecule has 28 heavy (non-hydrogen) atoms. The number of carbonyl (C=O) groups is 1. The number of aromatic nitrogens is 2. The standard InChI is InChI=1S/C25H14N2O/c28-25-16-10-9-15-13-5-1-4-8-21(13)27-24(15)23(16)18-12-22-17(11-19(18)25)14-6-2-3-7-20(14)26-22/h1-12,26-27H. The third kappa shape index (κ3) is 1.58. The van der Waals surface area contributed by atoms with Crippen molar-refractivity contribution in [3.05, 3.63) is 83.9 Å². The third-order valence-corrected chi connectivity index (χ3v) is 6.09. The van der Waals surface area contributed by atoms with Gasteiger partial charge in [-0.05, 0) is 35.9 Å². The molecule has 3 heteroatoms. The summed E-state index contributed by atoms with van der Waals surface area (Å²) < 4.78 is 0. The summed E-state index contributed by atoms with van der Waals surface area (Å²) in [4.78, 5) is 20.3. The first-order chi connectivity index (χ1) is 13.8. The van der Waals surface area contributed by atoms with Crippen LogP contribution in [-0.2, 0) is 0 Å². The van der Waals surface area contributed by atoms with Gasteiger partial charge in [-0.15, -0.1) is 0 Å². The summed E-state index contributed by atoms with van der Waals surface area (Å²) in [5, 5.41) is 4.60. The summed E-state index contributed by atoms with van der Waals surface area (Å²) in [5.74, 6) is 0.109. The summed E-state index contributed by atoms with van der Waals surface area (Å²) in [5.41, 5.74) is 7.90. The predicted octanol–water partition coefficient (Wildman–Crippen LogP) is 6.17. The Morgan fingerprint density at radius 2 is 1.25 bits per heavy atom. The minimum Gasteiger partial charge on any atom is -0.354 e. The van der Waals surface area contributed by atoms with Gasteiger partial charge in [0.15, 0.2) is 5.78 Å². The monoisotopic (exact) mass is 358 g/mol. The van der Waals surface area contributed by atoms with E-state index < -0.39 is 0 Å². The van der Waals surface area contributed by atoms with Crippen molar-refractivity contribution >= 4 is 49.4 Å². The lowest BCUT2D eigenvalue weighted by molar-refractivity contribution is 0.104. The highest BCUT2D eigenvalue weighted by Crippen LogP contribution is 2.44. The molecule has 1 aliphatic carbocycles. The van der Waals surface area contributed by atoms with E-state index in [1.807, 2.05) is 24.3 Å². The Morgan fingerprint density at radius 1 is 0.536 bits per heavy atom. The first-order valence-corrected chi connectivity index (χ1v) is 9.42. The number of H-pyrrole nitrogens is 2. The Morgan fingerprint density at radius 3 is 2.07 bits per heavy atom. The molecule has 0 unspecified atom stereocenters. The lowest BCUT2D eigenvalue weighted by Crippen LogP contribution is -1.94. The summed E-state index contributed by atoms with van der Waals surface area (Å²) in [6.45, 7) is 0. The normalized spacial score (nSPS) is 13.1. The molecule has 0 saturated heterocycles. The van der Waals surface area contributed by atoms with Crippen molar-refractivity contribution in [2.45, 2.75) is 0 Å². The van der Waals surface area contributed by atoms with Crippen molar-refractivity contribution in [2.75, 3.05) is 0 Å². The fourth-order valence-electron chi connectivity index (χ4n) is 4.83. The number of benzene rings is 4. The predicted molar refractivity (Wildman–Crippen MR) is 114 cm³/mol. The molecule has 2 N–H and O–H groups in total. The van der Waals surface area contributed by atoms with E-state index >= 15 is 0 Å². The number of carbonyl (C=O) groups excluding carboxylic acids is 1. The smallest absolute Gasteiger partial charge is 0.194 e. The molecule has 2 aromatic heterocycles. The van der Waals surface area contributed by atoms with E-state index in [1.54, 1.807) is 0 Å². The Bertz CT molecular complexity index is 1630. The average Bonchev–Trinajstić information content (AvgIpc) is 3.37. The van der Waals surface area contributed by atoms with E-state index in [0.29, 0.717) is 0 Å². The minimum atomic E-state index is 0.109. The number of rotatable bonds is 0. The molecule has 3 nitrogen and oxygen atoms in total. The van der Waals surface area contributed by atoms with Gasteiger partial charge in [0.2, 0.25) is 0 Å². The van der Waals surface area contributed by atoms with Crippen molar-refractivity contribution in [3.63, 3.8) is 0 Å². The highest BCUT2D eigenvalue weighted by Gasteiger charge is 2.30. The van der Waals surface area contributed by atoms with E-state index in [0.717, 1.165) is 60.5 Å². The molecular formula is C25H14N2O. The maximum absolute atomic E-state index is 13.2. The quantitative estimate of drug-likeness (QED) is 0.335. The van der Waals surface area contributed by atoms with Crippen molar-refractivity contribution < 1.29 is 4.79 Å². The molecule has 0 bridgehead atoms. The first-order valence-electron chi connectivity index (χ1n) is 9.42. The molecule has 6 aromatic rings. The number of fused-ring (bicyclic) bond motifs is 10. The van der Waals surface area contributed by atoms with Gasteiger partial charge in [-0.2, -0.15) is 0 Å². The number of para-hydroxylation sites is 2. The summed E-state index contributed by atoms with van der Waals surface area (Å²) >= 11 is 0. The van der Waals surface area contributed by atoms with Gasteiger partial charge in [-0.25, -0.2) is 0 Å². The van der Waals surface area contributed by atoms with Crippen LogP contribution in [-0.4, -0.2) is 15.8 Å². The van der Waals surface area contributed by atoms with Crippen molar-refractivity contribution in [1.29, 1.82) is 0 Å². The van der Waals surface area contributed by atoms with Crippen LogP contribution in [0.25, 0.3) is 54.7 Å². The van der Waals surface area contributed by atoms with Gasteiger partial charge >= 0.3 is 0 Å². The van der Waals surface area contributed by atoms with Crippen molar-refractivity contribution in [1.82, 2.24) is 9.97 Å². The summed E-state index contributed by atoms with van der Waals surface area (Å²) in [6.07, 6.45) is 0. The van der Waals surface area contributed by atoms with E-state index in [9.17, 15) is 4.79 Å². The van der Waals surface area contributed by atoms with Crippen LogP contribution in [0.5, 0.6) is 0 Å². The molecule has 0 amide bonds. The molecule has 7 rings (SSSR count). The number of aromatic amines is 2. The third-order valence-electron chi connectivity index (χ3n) is 6.09. The van der Waals surface area contributed by atoms with E-state index in [4.69, 9.17) is 0 Å².